The molecule has 2 N–H and O–H groups in total. The first-order chi connectivity index (χ1) is 11.2. The summed E-state index contributed by atoms with van der Waals surface area (Å²) < 4.78 is 0. The van der Waals surface area contributed by atoms with Crippen molar-refractivity contribution < 1.29 is 10.3 Å². The molecule has 122 valence electrons. The van der Waals surface area contributed by atoms with Gasteiger partial charge in [-0.2, -0.15) is 5.06 Å². The minimum absolute atomic E-state index is 0.222. The second-order valence-electron chi connectivity index (χ2n) is 6.47. The van der Waals surface area contributed by atoms with Crippen LogP contribution in [0.1, 0.15) is 37.3 Å². The van der Waals surface area contributed by atoms with Crippen molar-refractivity contribution in [3.8, 4) is 0 Å². The maximum Gasteiger partial charge on any atom is 0.110 e. The molecule has 0 radical (unpaired) electrons. The van der Waals surface area contributed by atoms with E-state index in [9.17, 15) is 10.3 Å². The van der Waals surface area contributed by atoms with Crippen LogP contribution in [0.2, 0.25) is 0 Å². The number of hydrogen-bond acceptors (Lipinski definition) is 3. The maximum absolute atomic E-state index is 11.5. The third-order valence-corrected chi connectivity index (χ3v) is 4.88. The van der Waals surface area contributed by atoms with E-state index in [-0.39, 0.29) is 12.0 Å². The highest BCUT2D eigenvalue weighted by molar-refractivity contribution is 5.27. The van der Waals surface area contributed by atoms with E-state index in [1.165, 1.54) is 5.06 Å². The second-order valence-corrected chi connectivity index (χ2v) is 6.47. The number of benzene rings is 2. The normalized spacial score (nSPS) is 18.6. The molecule has 0 bridgehead atoms. The number of hydroxylamine groups is 2. The van der Waals surface area contributed by atoms with Gasteiger partial charge in [-0.15, -0.1) is 0 Å². The van der Waals surface area contributed by atoms with Crippen molar-refractivity contribution >= 4 is 0 Å². The third kappa shape index (κ3) is 3.32. The van der Waals surface area contributed by atoms with Crippen molar-refractivity contribution in [3.63, 3.8) is 0 Å². The molecule has 3 heteroatoms. The van der Waals surface area contributed by atoms with E-state index < -0.39 is 5.60 Å². The van der Waals surface area contributed by atoms with Gasteiger partial charge in [0.1, 0.15) is 5.60 Å². The summed E-state index contributed by atoms with van der Waals surface area (Å²) in [6, 6.07) is 19.4. The molecule has 0 aromatic heterocycles. The molecule has 2 aromatic carbocycles. The smallest absolute Gasteiger partial charge is 0.110 e. The molecule has 0 spiro atoms. The first-order valence-corrected chi connectivity index (χ1v) is 8.43. The molecule has 1 fully saturated rings. The van der Waals surface area contributed by atoms with Crippen molar-refractivity contribution in [1.82, 2.24) is 5.06 Å². The molecule has 0 saturated heterocycles. The molecule has 2 atom stereocenters. The molecule has 2 aromatic rings. The van der Waals surface area contributed by atoms with Gasteiger partial charge in [0, 0.05) is 6.54 Å². The van der Waals surface area contributed by atoms with E-state index in [0.717, 1.165) is 24.0 Å². The highest BCUT2D eigenvalue weighted by Crippen LogP contribution is 2.49. The van der Waals surface area contributed by atoms with Gasteiger partial charge in [0.2, 0.25) is 0 Å². The molecular weight excluding hydrogens is 286 g/mol. The molecule has 23 heavy (non-hydrogen) atoms. The van der Waals surface area contributed by atoms with Crippen molar-refractivity contribution in [2.45, 2.75) is 44.4 Å². The van der Waals surface area contributed by atoms with Crippen molar-refractivity contribution in [1.29, 1.82) is 0 Å². The molecule has 1 aliphatic carbocycles. The summed E-state index contributed by atoms with van der Waals surface area (Å²) in [5.74, 6) is 0.222. The van der Waals surface area contributed by atoms with Gasteiger partial charge in [0.05, 0.1) is 6.04 Å². The molecular formula is C20H25NO2. The Labute approximate surface area is 138 Å². The van der Waals surface area contributed by atoms with Crippen LogP contribution in [-0.4, -0.2) is 21.4 Å². The molecule has 3 nitrogen and oxygen atoms in total. The van der Waals surface area contributed by atoms with Crippen LogP contribution < -0.4 is 0 Å². The molecule has 1 aliphatic rings. The lowest BCUT2D eigenvalue weighted by atomic mass is 9.80. The molecule has 0 heterocycles. The zero-order chi connectivity index (χ0) is 16.3. The molecule has 3 rings (SSSR count). The van der Waals surface area contributed by atoms with E-state index in [2.05, 4.69) is 0 Å². The number of rotatable bonds is 7. The summed E-state index contributed by atoms with van der Waals surface area (Å²) in [5, 5.41) is 23.6. The second kappa shape index (κ2) is 6.83. The topological polar surface area (TPSA) is 43.7 Å². The van der Waals surface area contributed by atoms with Crippen molar-refractivity contribution in [3.05, 3.63) is 71.8 Å². The van der Waals surface area contributed by atoms with E-state index in [0.29, 0.717) is 13.0 Å². The fourth-order valence-electron chi connectivity index (χ4n) is 3.56. The fourth-order valence-corrected chi connectivity index (χ4v) is 3.56. The summed E-state index contributed by atoms with van der Waals surface area (Å²) in [5.41, 5.74) is 0.945. The summed E-state index contributed by atoms with van der Waals surface area (Å²) >= 11 is 0. The van der Waals surface area contributed by atoms with Gasteiger partial charge in [-0.05, 0) is 36.3 Å². The van der Waals surface area contributed by atoms with E-state index in [1.807, 2.05) is 67.6 Å². The van der Waals surface area contributed by atoms with Gasteiger partial charge in [0.25, 0.3) is 0 Å². The van der Waals surface area contributed by atoms with Crippen molar-refractivity contribution in [2.24, 2.45) is 5.92 Å². The van der Waals surface area contributed by atoms with Gasteiger partial charge >= 0.3 is 0 Å². The Hall–Kier alpha value is -1.68. The predicted molar refractivity (Wildman–Crippen MR) is 90.9 cm³/mol. The predicted octanol–water partition coefficient (Wildman–Crippen LogP) is 3.95. The van der Waals surface area contributed by atoms with Gasteiger partial charge in [0.15, 0.2) is 0 Å². The third-order valence-electron chi connectivity index (χ3n) is 4.88. The van der Waals surface area contributed by atoms with Crippen LogP contribution in [0.4, 0.5) is 0 Å². The Morgan fingerprint density at radius 1 is 1.04 bits per heavy atom. The lowest BCUT2D eigenvalue weighted by Crippen LogP contribution is -2.50. The van der Waals surface area contributed by atoms with Crippen LogP contribution in [0.25, 0.3) is 0 Å². The lowest BCUT2D eigenvalue weighted by molar-refractivity contribution is -0.203. The standard InChI is InChI=1S/C20H25NO2/c1-2-19(21(23)15-16-9-5-3-6-10-16)20(22,18-13-14-18)17-11-7-4-8-12-17/h3-12,18-19,22-23H,2,13-15H2,1H3. The maximum atomic E-state index is 11.5. The number of nitrogens with zero attached hydrogens (tertiary/aromatic N) is 1. The zero-order valence-corrected chi connectivity index (χ0v) is 13.6. The molecule has 1 saturated carbocycles. The fraction of sp³-hybridized carbons (Fsp3) is 0.400. The lowest BCUT2D eigenvalue weighted by Gasteiger charge is -2.40. The van der Waals surface area contributed by atoms with Gasteiger partial charge in [-0.25, -0.2) is 0 Å². The highest BCUT2D eigenvalue weighted by Gasteiger charge is 2.51. The minimum Gasteiger partial charge on any atom is -0.383 e. The van der Waals surface area contributed by atoms with E-state index >= 15 is 0 Å². The molecule has 2 unspecified atom stereocenters. The van der Waals surface area contributed by atoms with E-state index in [1.54, 1.807) is 0 Å². The van der Waals surface area contributed by atoms with Crippen LogP contribution in [0, 0.1) is 5.92 Å². The van der Waals surface area contributed by atoms with Gasteiger partial charge < -0.3 is 10.3 Å². The minimum atomic E-state index is -1.00. The summed E-state index contributed by atoms with van der Waals surface area (Å²) in [7, 11) is 0. The molecule has 0 aliphatic heterocycles. The van der Waals surface area contributed by atoms with Gasteiger partial charge in [-0.3, -0.25) is 0 Å². The van der Waals surface area contributed by atoms with Crippen LogP contribution in [0.3, 0.4) is 0 Å². The zero-order valence-electron chi connectivity index (χ0n) is 13.6. The number of aliphatic hydroxyl groups is 1. The Morgan fingerprint density at radius 3 is 2.13 bits per heavy atom. The highest BCUT2D eigenvalue weighted by atomic mass is 16.5. The first kappa shape index (κ1) is 16.2. The van der Waals surface area contributed by atoms with Crippen LogP contribution in [-0.2, 0) is 12.1 Å². The Balaban J connectivity index is 1.87. The average molecular weight is 311 g/mol. The van der Waals surface area contributed by atoms with Crippen LogP contribution in [0.15, 0.2) is 60.7 Å². The summed E-state index contributed by atoms with van der Waals surface area (Å²) in [6.07, 6.45) is 2.72. The van der Waals surface area contributed by atoms with Gasteiger partial charge in [-0.1, -0.05) is 67.6 Å². The summed E-state index contributed by atoms with van der Waals surface area (Å²) in [6.45, 7) is 2.44. The largest absolute Gasteiger partial charge is 0.383 e. The Morgan fingerprint density at radius 2 is 1.61 bits per heavy atom. The van der Waals surface area contributed by atoms with E-state index in [4.69, 9.17) is 0 Å². The quantitative estimate of drug-likeness (QED) is 0.761. The average Bonchev–Trinajstić information content (AvgIpc) is 3.42. The van der Waals surface area contributed by atoms with Crippen LogP contribution in [0.5, 0.6) is 0 Å². The first-order valence-electron chi connectivity index (χ1n) is 8.43. The monoisotopic (exact) mass is 311 g/mol. The Kier molecular flexibility index (Phi) is 4.81. The number of hydrogen-bond donors (Lipinski definition) is 2. The summed E-state index contributed by atoms with van der Waals surface area (Å²) in [4.78, 5) is 0. The molecule has 0 amide bonds. The SMILES string of the molecule is CCC(N(O)Cc1ccccc1)C(O)(c1ccccc1)C1CC1. The Bertz CT molecular complexity index is 612. The van der Waals surface area contributed by atoms with Crippen LogP contribution >= 0.6 is 0 Å². The van der Waals surface area contributed by atoms with Crippen molar-refractivity contribution in [2.75, 3.05) is 0 Å².